The average molecular weight is 458 g/mol. The third kappa shape index (κ3) is 3.32. The maximum atomic E-state index is 12.8. The number of nitrogens with zero attached hydrogens (tertiary/aromatic N) is 1. The molecule has 6 heteroatoms. The molecular formula is C18H17ClINO3. The topological polar surface area (TPSA) is 38.8 Å². The quantitative estimate of drug-likeness (QED) is 0.650. The SMILES string of the molecule is COc1cc2c(cc1OC)CN(C(=O)c1ccc(Cl)c(I)c1)CC2. The van der Waals surface area contributed by atoms with E-state index in [1.54, 1.807) is 26.4 Å². The van der Waals surface area contributed by atoms with Gasteiger partial charge in [0.1, 0.15) is 0 Å². The molecule has 0 radical (unpaired) electrons. The first kappa shape index (κ1) is 17.4. The van der Waals surface area contributed by atoms with Crippen molar-refractivity contribution in [3.8, 4) is 11.5 Å². The van der Waals surface area contributed by atoms with Crippen LogP contribution in [0.2, 0.25) is 5.02 Å². The number of methoxy groups -OCH3 is 2. The molecule has 1 aliphatic heterocycles. The summed E-state index contributed by atoms with van der Waals surface area (Å²) in [6, 6.07) is 9.33. The first-order valence-electron chi connectivity index (χ1n) is 7.51. The van der Waals surface area contributed by atoms with Crippen LogP contribution in [-0.2, 0) is 13.0 Å². The smallest absolute Gasteiger partial charge is 0.254 e. The Hall–Kier alpha value is -1.47. The van der Waals surface area contributed by atoms with Gasteiger partial charge in [-0.3, -0.25) is 4.79 Å². The van der Waals surface area contributed by atoms with Crippen LogP contribution in [0.3, 0.4) is 0 Å². The fourth-order valence-electron chi connectivity index (χ4n) is 2.87. The van der Waals surface area contributed by atoms with E-state index in [2.05, 4.69) is 22.6 Å². The Morgan fingerprint density at radius 1 is 1.12 bits per heavy atom. The van der Waals surface area contributed by atoms with E-state index in [1.807, 2.05) is 23.1 Å². The molecule has 126 valence electrons. The molecule has 0 unspecified atom stereocenters. The lowest BCUT2D eigenvalue weighted by Crippen LogP contribution is -2.36. The van der Waals surface area contributed by atoms with E-state index in [0.717, 1.165) is 21.3 Å². The van der Waals surface area contributed by atoms with Crippen molar-refractivity contribution >= 4 is 40.1 Å². The van der Waals surface area contributed by atoms with E-state index in [1.165, 1.54) is 5.56 Å². The fraction of sp³-hybridized carbons (Fsp3) is 0.278. The summed E-state index contributed by atoms with van der Waals surface area (Å²) in [7, 11) is 3.25. The van der Waals surface area contributed by atoms with Crippen molar-refractivity contribution in [2.45, 2.75) is 13.0 Å². The third-order valence-electron chi connectivity index (χ3n) is 4.17. The van der Waals surface area contributed by atoms with Crippen LogP contribution in [0.25, 0.3) is 0 Å². The number of hydrogen-bond donors (Lipinski definition) is 0. The third-order valence-corrected chi connectivity index (χ3v) is 5.71. The monoisotopic (exact) mass is 457 g/mol. The van der Waals surface area contributed by atoms with Crippen molar-refractivity contribution in [2.24, 2.45) is 0 Å². The lowest BCUT2D eigenvalue weighted by Gasteiger charge is -2.29. The van der Waals surface area contributed by atoms with Crippen LogP contribution in [0.5, 0.6) is 11.5 Å². The van der Waals surface area contributed by atoms with Crippen molar-refractivity contribution in [3.63, 3.8) is 0 Å². The summed E-state index contributed by atoms with van der Waals surface area (Å²) in [6.45, 7) is 1.24. The Balaban J connectivity index is 1.86. The van der Waals surface area contributed by atoms with Crippen molar-refractivity contribution in [3.05, 3.63) is 55.6 Å². The van der Waals surface area contributed by atoms with E-state index >= 15 is 0 Å². The number of rotatable bonds is 3. The first-order valence-corrected chi connectivity index (χ1v) is 8.97. The number of amides is 1. The summed E-state index contributed by atoms with van der Waals surface area (Å²) in [5, 5.41) is 0.660. The van der Waals surface area contributed by atoms with Crippen LogP contribution >= 0.6 is 34.2 Å². The van der Waals surface area contributed by atoms with Gasteiger partial charge in [0, 0.05) is 22.2 Å². The zero-order chi connectivity index (χ0) is 17.3. The summed E-state index contributed by atoms with van der Waals surface area (Å²) in [4.78, 5) is 14.6. The van der Waals surface area contributed by atoms with Gasteiger partial charge in [-0.1, -0.05) is 11.6 Å². The highest BCUT2D eigenvalue weighted by Crippen LogP contribution is 2.33. The number of benzene rings is 2. The first-order chi connectivity index (χ1) is 11.5. The van der Waals surface area contributed by atoms with E-state index in [4.69, 9.17) is 21.1 Å². The molecule has 4 nitrogen and oxygen atoms in total. The highest BCUT2D eigenvalue weighted by atomic mass is 127. The molecule has 1 heterocycles. The molecule has 0 saturated heterocycles. The number of fused-ring (bicyclic) bond motifs is 1. The van der Waals surface area contributed by atoms with Gasteiger partial charge in [-0.05, 0) is 70.5 Å². The Kier molecular flexibility index (Phi) is 5.20. The van der Waals surface area contributed by atoms with Gasteiger partial charge >= 0.3 is 0 Å². The molecule has 0 spiro atoms. The van der Waals surface area contributed by atoms with Crippen molar-refractivity contribution in [2.75, 3.05) is 20.8 Å². The molecular weight excluding hydrogens is 441 g/mol. The summed E-state index contributed by atoms with van der Waals surface area (Å²) < 4.78 is 11.6. The van der Waals surface area contributed by atoms with E-state index in [-0.39, 0.29) is 5.91 Å². The molecule has 2 aromatic carbocycles. The van der Waals surface area contributed by atoms with Crippen LogP contribution in [0.4, 0.5) is 0 Å². The standard InChI is InChI=1S/C18H17ClINO3/c1-23-16-8-11-5-6-21(10-13(11)9-17(16)24-2)18(22)12-3-4-14(19)15(20)7-12/h3-4,7-9H,5-6,10H2,1-2H3. The molecule has 0 fully saturated rings. The highest BCUT2D eigenvalue weighted by molar-refractivity contribution is 14.1. The van der Waals surface area contributed by atoms with Gasteiger partial charge in [0.05, 0.1) is 19.2 Å². The lowest BCUT2D eigenvalue weighted by atomic mass is 9.98. The summed E-state index contributed by atoms with van der Waals surface area (Å²) in [6.07, 6.45) is 0.798. The molecule has 2 aromatic rings. The number of carbonyl (C=O) groups is 1. The van der Waals surface area contributed by atoms with Gasteiger partial charge in [-0.25, -0.2) is 0 Å². The van der Waals surface area contributed by atoms with Crippen LogP contribution in [0, 0.1) is 3.57 Å². The predicted molar refractivity (Wildman–Crippen MR) is 102 cm³/mol. The molecule has 0 N–H and O–H groups in total. The van der Waals surface area contributed by atoms with Crippen LogP contribution < -0.4 is 9.47 Å². The molecule has 1 amide bonds. The van der Waals surface area contributed by atoms with Crippen molar-refractivity contribution in [1.29, 1.82) is 0 Å². The molecule has 0 aliphatic carbocycles. The zero-order valence-electron chi connectivity index (χ0n) is 13.4. The molecule has 24 heavy (non-hydrogen) atoms. The number of hydrogen-bond acceptors (Lipinski definition) is 3. The van der Waals surface area contributed by atoms with Crippen molar-refractivity contribution < 1.29 is 14.3 Å². The molecule has 1 aliphatic rings. The minimum absolute atomic E-state index is 0.0185. The van der Waals surface area contributed by atoms with E-state index in [0.29, 0.717) is 29.4 Å². The van der Waals surface area contributed by atoms with E-state index in [9.17, 15) is 4.79 Å². The summed E-state index contributed by atoms with van der Waals surface area (Å²) in [5.74, 6) is 1.43. The normalized spacial score (nSPS) is 13.4. The molecule has 0 bridgehead atoms. The Labute approximate surface area is 159 Å². The van der Waals surface area contributed by atoms with Crippen molar-refractivity contribution in [1.82, 2.24) is 4.90 Å². The minimum Gasteiger partial charge on any atom is -0.493 e. The van der Waals surface area contributed by atoms with Gasteiger partial charge in [0.25, 0.3) is 5.91 Å². The number of halogens is 2. The number of carbonyl (C=O) groups excluding carboxylic acids is 1. The van der Waals surface area contributed by atoms with Gasteiger partial charge in [0.2, 0.25) is 0 Å². The largest absolute Gasteiger partial charge is 0.493 e. The predicted octanol–water partition coefficient (Wildman–Crippen LogP) is 4.16. The van der Waals surface area contributed by atoms with Crippen LogP contribution in [0.15, 0.2) is 30.3 Å². The lowest BCUT2D eigenvalue weighted by molar-refractivity contribution is 0.0734. The number of ether oxygens (including phenoxy) is 2. The molecule has 0 aromatic heterocycles. The molecule has 0 atom stereocenters. The Morgan fingerprint density at radius 3 is 2.42 bits per heavy atom. The fourth-order valence-corrected chi connectivity index (χ4v) is 3.50. The second-order valence-electron chi connectivity index (χ2n) is 5.58. The minimum atomic E-state index is 0.0185. The highest BCUT2D eigenvalue weighted by Gasteiger charge is 2.24. The molecule has 3 rings (SSSR count). The molecule has 0 saturated carbocycles. The zero-order valence-corrected chi connectivity index (χ0v) is 16.3. The maximum absolute atomic E-state index is 12.8. The summed E-state index contributed by atoms with van der Waals surface area (Å²) >= 11 is 8.18. The Morgan fingerprint density at radius 2 is 1.79 bits per heavy atom. The van der Waals surface area contributed by atoms with Crippen LogP contribution in [0.1, 0.15) is 21.5 Å². The Bertz CT molecular complexity index is 794. The summed E-state index contributed by atoms with van der Waals surface area (Å²) in [5.41, 5.74) is 2.95. The second kappa shape index (κ2) is 7.19. The van der Waals surface area contributed by atoms with E-state index < -0.39 is 0 Å². The van der Waals surface area contributed by atoms with Gasteiger partial charge in [-0.2, -0.15) is 0 Å². The maximum Gasteiger partial charge on any atom is 0.254 e. The average Bonchev–Trinajstić information content (AvgIpc) is 2.61. The van der Waals surface area contributed by atoms with Gasteiger partial charge in [0.15, 0.2) is 11.5 Å². The van der Waals surface area contributed by atoms with Gasteiger partial charge < -0.3 is 14.4 Å². The van der Waals surface area contributed by atoms with Crippen LogP contribution in [-0.4, -0.2) is 31.6 Å². The second-order valence-corrected chi connectivity index (χ2v) is 7.15. The van der Waals surface area contributed by atoms with Gasteiger partial charge in [-0.15, -0.1) is 0 Å².